The van der Waals surface area contributed by atoms with Crippen molar-refractivity contribution in [2.75, 3.05) is 0 Å². The fraction of sp³-hybridized carbons (Fsp3) is 0.250. The van der Waals surface area contributed by atoms with Gasteiger partial charge in [0.1, 0.15) is 0 Å². The minimum absolute atomic E-state index is 0. The van der Waals surface area contributed by atoms with E-state index in [9.17, 15) is 4.39 Å². The third-order valence-corrected chi connectivity index (χ3v) is 0.870. The minimum Gasteiger partial charge on any atom is -0.325 e. The normalized spacial score (nSPS) is 7.80. The summed E-state index contributed by atoms with van der Waals surface area (Å²) in [6, 6.07) is 0. The van der Waals surface area contributed by atoms with Gasteiger partial charge in [0.15, 0.2) is 5.82 Å². The first-order valence-corrected chi connectivity index (χ1v) is 2.22. The highest BCUT2D eigenvalue weighted by Gasteiger charge is 1.97. The highest BCUT2D eigenvalue weighted by Crippen LogP contribution is 1.97. The van der Waals surface area contributed by atoms with Crippen LogP contribution < -0.4 is 5.73 Å². The molecule has 1 heterocycles. The number of aromatic nitrogens is 2. The summed E-state index contributed by atoms with van der Waals surface area (Å²) in [5.74, 6) is -0.368. The molecule has 0 aliphatic heterocycles. The number of nitrogens with two attached hydrogens (primary N) is 1. The molecule has 3 nitrogen and oxygen atoms in total. The van der Waals surface area contributed by atoms with Crippen LogP contribution in [0.1, 0.15) is 5.69 Å². The molecule has 3 N–H and O–H groups in total. The van der Waals surface area contributed by atoms with E-state index in [1.165, 1.54) is 0 Å². The number of rotatable bonds is 1. The SMILES string of the molecule is Cl.Cl.NCc1[nH]ncc1F. The maximum Gasteiger partial charge on any atom is 0.165 e. The first-order chi connectivity index (χ1) is 3.84. The lowest BCUT2D eigenvalue weighted by Crippen LogP contribution is -1.98. The predicted molar refractivity (Wildman–Crippen MR) is 40.9 cm³/mol. The maximum absolute atomic E-state index is 12.2. The maximum atomic E-state index is 12.2. The molecule has 0 amide bonds. The quantitative estimate of drug-likeness (QED) is 0.686. The number of hydrogen-bond donors (Lipinski definition) is 2. The van der Waals surface area contributed by atoms with E-state index in [-0.39, 0.29) is 37.2 Å². The molecular weight excluding hydrogens is 180 g/mol. The molecule has 0 bridgehead atoms. The second-order valence-electron chi connectivity index (χ2n) is 1.40. The molecule has 0 saturated heterocycles. The lowest BCUT2D eigenvalue weighted by Gasteiger charge is -1.84. The fourth-order valence-corrected chi connectivity index (χ4v) is 0.441. The van der Waals surface area contributed by atoms with Gasteiger partial charge in [-0.1, -0.05) is 0 Å². The molecule has 60 valence electrons. The van der Waals surface area contributed by atoms with Gasteiger partial charge in [-0.2, -0.15) is 5.10 Å². The van der Waals surface area contributed by atoms with E-state index in [0.29, 0.717) is 5.69 Å². The summed E-state index contributed by atoms with van der Waals surface area (Å²) in [7, 11) is 0. The zero-order chi connectivity index (χ0) is 5.98. The van der Waals surface area contributed by atoms with E-state index >= 15 is 0 Å². The molecule has 1 aromatic heterocycles. The van der Waals surface area contributed by atoms with Crippen molar-refractivity contribution in [3.63, 3.8) is 0 Å². The Bertz CT molecular complexity index is 179. The van der Waals surface area contributed by atoms with E-state index in [1.54, 1.807) is 0 Å². The lowest BCUT2D eigenvalue weighted by atomic mass is 10.4. The summed E-state index contributed by atoms with van der Waals surface area (Å²) in [5.41, 5.74) is 5.44. The van der Waals surface area contributed by atoms with Gasteiger partial charge in [-0.3, -0.25) is 5.10 Å². The monoisotopic (exact) mass is 187 g/mol. The second-order valence-corrected chi connectivity index (χ2v) is 1.40. The van der Waals surface area contributed by atoms with E-state index < -0.39 is 0 Å². The molecule has 0 radical (unpaired) electrons. The number of H-pyrrole nitrogens is 1. The molecule has 0 aliphatic carbocycles. The van der Waals surface area contributed by atoms with Gasteiger partial charge in [-0.05, 0) is 0 Å². The van der Waals surface area contributed by atoms with Crippen molar-refractivity contribution >= 4 is 24.8 Å². The van der Waals surface area contributed by atoms with Gasteiger partial charge < -0.3 is 5.73 Å². The Morgan fingerprint density at radius 2 is 2.20 bits per heavy atom. The summed E-state index contributed by atoms with van der Waals surface area (Å²) in [6.07, 6.45) is 1.10. The van der Waals surface area contributed by atoms with E-state index in [4.69, 9.17) is 5.73 Å². The Labute approximate surface area is 70.0 Å². The smallest absolute Gasteiger partial charge is 0.165 e. The number of nitrogens with zero attached hydrogens (tertiary/aromatic N) is 1. The Balaban J connectivity index is 0. The van der Waals surface area contributed by atoms with E-state index in [2.05, 4.69) is 10.2 Å². The molecule has 0 aromatic carbocycles. The van der Waals surface area contributed by atoms with Crippen LogP contribution in [0.25, 0.3) is 0 Å². The molecule has 0 spiro atoms. The Kier molecular flexibility index (Phi) is 6.76. The standard InChI is InChI=1S/C4H6FN3.2ClH/c5-3-2-7-8-4(3)1-6;;/h2H,1,6H2,(H,7,8);2*1H. The van der Waals surface area contributed by atoms with Crippen molar-refractivity contribution in [1.82, 2.24) is 10.2 Å². The summed E-state index contributed by atoms with van der Waals surface area (Å²) < 4.78 is 12.2. The minimum atomic E-state index is -0.368. The number of nitrogens with one attached hydrogen (secondary N) is 1. The largest absolute Gasteiger partial charge is 0.325 e. The highest BCUT2D eigenvalue weighted by molar-refractivity contribution is 5.85. The van der Waals surface area contributed by atoms with Crippen LogP contribution in [-0.4, -0.2) is 10.2 Å². The number of aromatic amines is 1. The third kappa shape index (κ3) is 2.51. The van der Waals surface area contributed by atoms with Crippen molar-refractivity contribution in [2.24, 2.45) is 5.73 Å². The van der Waals surface area contributed by atoms with Crippen molar-refractivity contribution in [2.45, 2.75) is 6.54 Å². The lowest BCUT2D eigenvalue weighted by molar-refractivity contribution is 0.610. The van der Waals surface area contributed by atoms with Gasteiger partial charge in [-0.15, -0.1) is 24.8 Å². The van der Waals surface area contributed by atoms with Crippen molar-refractivity contribution in [3.05, 3.63) is 17.7 Å². The van der Waals surface area contributed by atoms with Crippen LogP contribution in [-0.2, 0) is 6.54 Å². The molecule has 0 saturated carbocycles. The Morgan fingerprint density at radius 1 is 1.60 bits per heavy atom. The predicted octanol–water partition coefficient (Wildman–Crippen LogP) is 0.851. The molecular formula is C4H8Cl2FN3. The van der Waals surface area contributed by atoms with Gasteiger partial charge in [0.2, 0.25) is 0 Å². The average molecular weight is 188 g/mol. The summed E-state index contributed by atoms with van der Waals surface area (Å²) >= 11 is 0. The topological polar surface area (TPSA) is 54.7 Å². The molecule has 0 fully saturated rings. The first kappa shape index (κ1) is 12.4. The molecule has 6 heteroatoms. The second kappa shape index (κ2) is 5.46. The van der Waals surface area contributed by atoms with Crippen molar-refractivity contribution < 1.29 is 4.39 Å². The molecule has 1 aromatic rings. The van der Waals surface area contributed by atoms with Crippen LogP contribution in [0.4, 0.5) is 4.39 Å². The zero-order valence-corrected chi connectivity index (χ0v) is 6.64. The van der Waals surface area contributed by atoms with Crippen LogP contribution in [0.3, 0.4) is 0 Å². The van der Waals surface area contributed by atoms with Gasteiger partial charge in [0, 0.05) is 6.54 Å². The third-order valence-electron chi connectivity index (χ3n) is 0.870. The fourth-order valence-electron chi connectivity index (χ4n) is 0.441. The first-order valence-electron chi connectivity index (χ1n) is 2.22. The van der Waals surface area contributed by atoms with Gasteiger partial charge in [0.05, 0.1) is 11.9 Å². The number of hydrogen-bond acceptors (Lipinski definition) is 2. The number of halogens is 3. The highest BCUT2D eigenvalue weighted by atomic mass is 35.5. The van der Waals surface area contributed by atoms with Crippen LogP contribution in [0.15, 0.2) is 6.20 Å². The molecule has 0 atom stereocenters. The van der Waals surface area contributed by atoms with Crippen LogP contribution in [0.5, 0.6) is 0 Å². The zero-order valence-electron chi connectivity index (χ0n) is 5.00. The van der Waals surface area contributed by atoms with E-state index in [0.717, 1.165) is 6.20 Å². The summed E-state index contributed by atoms with van der Waals surface area (Å²) in [4.78, 5) is 0. The Morgan fingerprint density at radius 3 is 2.40 bits per heavy atom. The van der Waals surface area contributed by atoms with Crippen LogP contribution >= 0.6 is 24.8 Å². The molecule has 0 aliphatic rings. The van der Waals surface area contributed by atoms with Crippen LogP contribution in [0, 0.1) is 5.82 Å². The van der Waals surface area contributed by atoms with Crippen molar-refractivity contribution in [1.29, 1.82) is 0 Å². The van der Waals surface area contributed by atoms with Gasteiger partial charge >= 0.3 is 0 Å². The van der Waals surface area contributed by atoms with Crippen LogP contribution in [0.2, 0.25) is 0 Å². The molecule has 1 rings (SSSR count). The van der Waals surface area contributed by atoms with Gasteiger partial charge in [0.25, 0.3) is 0 Å². The van der Waals surface area contributed by atoms with E-state index in [1.807, 2.05) is 0 Å². The Hall–Kier alpha value is -0.320. The summed E-state index contributed by atoms with van der Waals surface area (Å²) in [6.45, 7) is 0.172. The molecule has 10 heavy (non-hydrogen) atoms. The summed E-state index contributed by atoms with van der Waals surface area (Å²) in [5, 5.41) is 5.82. The van der Waals surface area contributed by atoms with Crippen molar-refractivity contribution in [3.8, 4) is 0 Å². The molecule has 0 unspecified atom stereocenters. The average Bonchev–Trinajstić information content (AvgIpc) is 2.14. The van der Waals surface area contributed by atoms with Gasteiger partial charge in [-0.25, -0.2) is 4.39 Å².